The molecule has 7 heteroatoms. The number of nitrogens with one attached hydrogen (secondary N) is 1. The van der Waals surface area contributed by atoms with E-state index in [-0.39, 0.29) is 17.0 Å². The summed E-state index contributed by atoms with van der Waals surface area (Å²) in [5, 5.41) is 3.10. The first-order valence-corrected chi connectivity index (χ1v) is 10.4. The molecule has 0 spiro atoms. The van der Waals surface area contributed by atoms with Crippen molar-refractivity contribution in [2.75, 3.05) is 24.4 Å². The lowest BCUT2D eigenvalue weighted by molar-refractivity contribution is -0.120. The minimum atomic E-state index is -0.551. The number of carbonyl (C=O) groups excluding carboxylic acids is 2. The van der Waals surface area contributed by atoms with E-state index in [4.69, 9.17) is 9.47 Å². The van der Waals surface area contributed by atoms with Crippen LogP contribution in [0.1, 0.15) is 18.1 Å². The number of aryl methyl sites for hydroxylation is 1. The number of hydrogen-bond donors (Lipinski definition) is 1. The highest BCUT2D eigenvalue weighted by molar-refractivity contribution is 6.46. The molecule has 0 unspecified atom stereocenters. The van der Waals surface area contributed by atoms with E-state index in [2.05, 4.69) is 12.2 Å². The van der Waals surface area contributed by atoms with E-state index in [9.17, 15) is 14.0 Å². The second-order valence-electron chi connectivity index (χ2n) is 7.42. The van der Waals surface area contributed by atoms with Crippen LogP contribution in [0.25, 0.3) is 5.57 Å². The summed E-state index contributed by atoms with van der Waals surface area (Å²) in [6.45, 7) is 2.05. The molecule has 2 amide bonds. The van der Waals surface area contributed by atoms with E-state index in [1.807, 2.05) is 24.3 Å². The third kappa shape index (κ3) is 4.17. The lowest BCUT2D eigenvalue weighted by Crippen LogP contribution is -2.32. The molecule has 1 aliphatic rings. The van der Waals surface area contributed by atoms with Crippen LogP contribution in [-0.2, 0) is 16.0 Å². The van der Waals surface area contributed by atoms with Crippen LogP contribution in [0.3, 0.4) is 0 Å². The van der Waals surface area contributed by atoms with Gasteiger partial charge in [-0.15, -0.1) is 0 Å². The van der Waals surface area contributed by atoms with Gasteiger partial charge in [0.1, 0.15) is 23.0 Å². The smallest absolute Gasteiger partial charge is 0.282 e. The summed E-state index contributed by atoms with van der Waals surface area (Å²) in [5.74, 6) is -0.737. The summed E-state index contributed by atoms with van der Waals surface area (Å²) in [7, 11) is 2.95. The fraction of sp³-hybridized carbons (Fsp3) is 0.154. The highest BCUT2D eigenvalue weighted by Crippen LogP contribution is 2.39. The standard InChI is InChI=1S/C26H23FN2O4/c1-4-16-5-11-19(12-6-16)28-24-23(17-7-9-18(27)10-8-17)25(30)29(26(24)31)21-15-20(32-2)13-14-22(21)33-3/h5-15,28H,4H2,1-3H3. The molecule has 0 aliphatic carbocycles. The molecule has 6 nitrogen and oxygen atoms in total. The van der Waals surface area contributed by atoms with Crippen molar-refractivity contribution in [2.45, 2.75) is 13.3 Å². The highest BCUT2D eigenvalue weighted by atomic mass is 19.1. The van der Waals surface area contributed by atoms with Crippen molar-refractivity contribution in [1.82, 2.24) is 0 Å². The SMILES string of the molecule is CCc1ccc(NC2=C(c3ccc(F)cc3)C(=O)N(c3cc(OC)ccc3OC)C2=O)cc1. The summed E-state index contributed by atoms with van der Waals surface area (Å²) in [6.07, 6.45) is 0.880. The summed E-state index contributed by atoms with van der Waals surface area (Å²) in [6, 6.07) is 17.9. The summed E-state index contributed by atoms with van der Waals surface area (Å²) < 4.78 is 24.2. The van der Waals surface area contributed by atoms with E-state index >= 15 is 0 Å². The molecule has 3 aromatic carbocycles. The van der Waals surface area contributed by atoms with Gasteiger partial charge < -0.3 is 14.8 Å². The van der Waals surface area contributed by atoms with Gasteiger partial charge in [-0.2, -0.15) is 0 Å². The number of amides is 2. The molecule has 0 atom stereocenters. The quantitative estimate of drug-likeness (QED) is 0.528. The van der Waals surface area contributed by atoms with Gasteiger partial charge >= 0.3 is 0 Å². The first-order valence-electron chi connectivity index (χ1n) is 10.4. The van der Waals surface area contributed by atoms with Crippen LogP contribution in [0.2, 0.25) is 0 Å². The molecule has 0 aromatic heterocycles. The van der Waals surface area contributed by atoms with Crippen LogP contribution in [0.15, 0.2) is 72.4 Å². The molecule has 0 radical (unpaired) electrons. The van der Waals surface area contributed by atoms with Crippen molar-refractivity contribution in [3.63, 3.8) is 0 Å². The van der Waals surface area contributed by atoms with Crippen LogP contribution in [-0.4, -0.2) is 26.0 Å². The van der Waals surface area contributed by atoms with E-state index < -0.39 is 17.6 Å². The molecule has 0 fully saturated rings. The fourth-order valence-corrected chi connectivity index (χ4v) is 3.69. The lowest BCUT2D eigenvalue weighted by Gasteiger charge is -2.19. The van der Waals surface area contributed by atoms with Gasteiger partial charge in [-0.05, 0) is 53.9 Å². The number of imide groups is 1. The average molecular weight is 446 g/mol. The number of nitrogens with zero attached hydrogens (tertiary/aromatic N) is 1. The first kappa shape index (κ1) is 22.1. The molecule has 1 aliphatic heterocycles. The van der Waals surface area contributed by atoms with Crippen LogP contribution >= 0.6 is 0 Å². The van der Waals surface area contributed by atoms with Crippen LogP contribution in [0, 0.1) is 5.82 Å². The monoisotopic (exact) mass is 446 g/mol. The van der Waals surface area contributed by atoms with Gasteiger partial charge in [0.15, 0.2) is 0 Å². The maximum atomic E-state index is 13.6. The molecule has 3 aromatic rings. The molecule has 168 valence electrons. The third-order valence-electron chi connectivity index (χ3n) is 5.48. The molecule has 1 N–H and O–H groups in total. The number of hydrogen-bond acceptors (Lipinski definition) is 5. The molecule has 0 saturated heterocycles. The number of rotatable bonds is 7. The average Bonchev–Trinajstić information content (AvgIpc) is 3.08. The minimum Gasteiger partial charge on any atom is -0.497 e. The van der Waals surface area contributed by atoms with E-state index in [1.165, 1.54) is 38.5 Å². The number of anilines is 2. The van der Waals surface area contributed by atoms with Crippen molar-refractivity contribution in [3.8, 4) is 11.5 Å². The maximum absolute atomic E-state index is 13.6. The maximum Gasteiger partial charge on any atom is 0.282 e. The van der Waals surface area contributed by atoms with Crippen molar-refractivity contribution >= 4 is 28.8 Å². The molecule has 0 saturated carbocycles. The number of ether oxygens (including phenoxy) is 2. The molecule has 4 rings (SSSR count). The number of carbonyl (C=O) groups is 2. The Labute approximate surface area is 191 Å². The van der Waals surface area contributed by atoms with E-state index in [1.54, 1.807) is 18.2 Å². The summed E-state index contributed by atoms with van der Waals surface area (Å²) in [5.41, 5.74) is 2.72. The van der Waals surface area contributed by atoms with Gasteiger partial charge in [-0.25, -0.2) is 9.29 Å². The normalized spacial score (nSPS) is 13.5. The zero-order chi connectivity index (χ0) is 23.5. The summed E-state index contributed by atoms with van der Waals surface area (Å²) >= 11 is 0. The van der Waals surface area contributed by atoms with Crippen molar-refractivity contribution in [1.29, 1.82) is 0 Å². The molecular weight excluding hydrogens is 423 g/mol. The summed E-state index contributed by atoms with van der Waals surface area (Å²) in [4.78, 5) is 28.2. The van der Waals surface area contributed by atoms with Gasteiger partial charge in [-0.3, -0.25) is 9.59 Å². The second kappa shape index (κ2) is 9.16. The van der Waals surface area contributed by atoms with Gasteiger partial charge in [-0.1, -0.05) is 31.2 Å². The Morgan fingerprint density at radius 2 is 1.58 bits per heavy atom. The largest absolute Gasteiger partial charge is 0.497 e. The van der Waals surface area contributed by atoms with Gasteiger partial charge in [0, 0.05) is 11.8 Å². The zero-order valence-electron chi connectivity index (χ0n) is 18.5. The number of methoxy groups -OCH3 is 2. The molecule has 33 heavy (non-hydrogen) atoms. The first-order chi connectivity index (χ1) is 16.0. The minimum absolute atomic E-state index is 0.0979. The predicted octanol–water partition coefficient (Wildman–Crippen LogP) is 4.80. The van der Waals surface area contributed by atoms with Crippen molar-refractivity contribution in [2.24, 2.45) is 0 Å². The third-order valence-corrected chi connectivity index (χ3v) is 5.48. The van der Waals surface area contributed by atoms with Gasteiger partial charge in [0.2, 0.25) is 0 Å². The number of halogens is 1. The van der Waals surface area contributed by atoms with E-state index in [0.29, 0.717) is 22.7 Å². The van der Waals surface area contributed by atoms with Crippen molar-refractivity contribution in [3.05, 3.63) is 89.4 Å². The Morgan fingerprint density at radius 3 is 2.18 bits per heavy atom. The van der Waals surface area contributed by atoms with Gasteiger partial charge in [0.25, 0.3) is 11.8 Å². The van der Waals surface area contributed by atoms with Crippen LogP contribution < -0.4 is 19.7 Å². The Balaban J connectivity index is 1.83. The second-order valence-corrected chi connectivity index (χ2v) is 7.42. The van der Waals surface area contributed by atoms with Crippen LogP contribution in [0.4, 0.5) is 15.8 Å². The Bertz CT molecular complexity index is 1230. The molecule has 0 bridgehead atoms. The fourth-order valence-electron chi connectivity index (χ4n) is 3.69. The van der Waals surface area contributed by atoms with Crippen molar-refractivity contribution < 1.29 is 23.5 Å². The number of benzene rings is 3. The van der Waals surface area contributed by atoms with Crippen LogP contribution in [0.5, 0.6) is 11.5 Å². The topological polar surface area (TPSA) is 67.9 Å². The zero-order valence-corrected chi connectivity index (χ0v) is 18.5. The Kier molecular flexibility index (Phi) is 6.13. The predicted molar refractivity (Wildman–Crippen MR) is 125 cm³/mol. The molecule has 1 heterocycles. The Hall–Kier alpha value is -4.13. The lowest BCUT2D eigenvalue weighted by atomic mass is 10.0. The van der Waals surface area contributed by atoms with Gasteiger partial charge in [0.05, 0.1) is 25.5 Å². The highest BCUT2D eigenvalue weighted by Gasteiger charge is 2.41. The Morgan fingerprint density at radius 1 is 0.879 bits per heavy atom. The molecular formula is C26H23FN2O4. The van der Waals surface area contributed by atoms with E-state index in [0.717, 1.165) is 16.9 Å².